The highest BCUT2D eigenvalue weighted by Crippen LogP contribution is 2.48. The van der Waals surface area contributed by atoms with Crippen LogP contribution in [0.3, 0.4) is 0 Å². The van der Waals surface area contributed by atoms with Crippen LogP contribution in [0.25, 0.3) is 0 Å². The Bertz CT molecular complexity index is 469. The maximum atomic E-state index is 12.3. The van der Waals surface area contributed by atoms with E-state index in [1.54, 1.807) is 11.3 Å². The summed E-state index contributed by atoms with van der Waals surface area (Å²) in [5.41, 5.74) is 1.83. The molecule has 0 aliphatic heterocycles. The van der Waals surface area contributed by atoms with Gasteiger partial charge in [-0.1, -0.05) is 22.4 Å². The number of hydrogen-bond acceptors (Lipinski definition) is 2. The molecule has 0 spiro atoms. The van der Waals surface area contributed by atoms with Gasteiger partial charge >= 0.3 is 0 Å². The largest absolute Gasteiger partial charge is 0.351 e. The third-order valence-corrected chi connectivity index (χ3v) is 6.31. The Balaban J connectivity index is 1.60. The average molecular weight is 356 g/mol. The highest BCUT2D eigenvalue weighted by Gasteiger charge is 2.41. The molecule has 110 valence electrons. The van der Waals surface area contributed by atoms with Gasteiger partial charge in [0, 0.05) is 16.8 Å². The van der Waals surface area contributed by atoms with Gasteiger partial charge in [-0.3, -0.25) is 4.79 Å². The van der Waals surface area contributed by atoms with Gasteiger partial charge in [-0.15, -0.1) is 11.3 Å². The van der Waals surface area contributed by atoms with Gasteiger partial charge in [0.2, 0.25) is 0 Å². The van der Waals surface area contributed by atoms with Crippen LogP contribution in [0.15, 0.2) is 6.07 Å². The minimum atomic E-state index is 0.143. The van der Waals surface area contributed by atoms with Gasteiger partial charge < -0.3 is 5.32 Å². The molecule has 4 heteroatoms. The summed E-state index contributed by atoms with van der Waals surface area (Å²) in [4.78, 5) is 14.7. The Morgan fingerprint density at radius 3 is 2.85 bits per heavy atom. The van der Waals surface area contributed by atoms with E-state index in [-0.39, 0.29) is 5.91 Å². The Morgan fingerprint density at radius 1 is 1.30 bits per heavy atom. The van der Waals surface area contributed by atoms with Crippen molar-refractivity contribution in [1.82, 2.24) is 5.32 Å². The second-order valence-electron chi connectivity index (χ2n) is 6.24. The first-order valence-electron chi connectivity index (χ1n) is 7.68. The van der Waals surface area contributed by atoms with Gasteiger partial charge in [0.05, 0.1) is 4.88 Å². The molecule has 0 bridgehead atoms. The summed E-state index contributed by atoms with van der Waals surface area (Å²) in [6.45, 7) is 0.847. The zero-order valence-corrected chi connectivity index (χ0v) is 14.2. The first-order chi connectivity index (χ1) is 9.72. The van der Waals surface area contributed by atoms with Crippen molar-refractivity contribution in [3.05, 3.63) is 21.4 Å². The van der Waals surface area contributed by atoms with Crippen molar-refractivity contribution >= 4 is 33.2 Å². The van der Waals surface area contributed by atoms with E-state index in [0.717, 1.165) is 23.2 Å². The highest BCUT2D eigenvalue weighted by molar-refractivity contribution is 9.09. The second kappa shape index (κ2) is 6.18. The van der Waals surface area contributed by atoms with Crippen molar-refractivity contribution in [3.63, 3.8) is 0 Å². The molecule has 1 aromatic heterocycles. The Labute approximate surface area is 133 Å². The molecule has 20 heavy (non-hydrogen) atoms. The lowest BCUT2D eigenvalue weighted by Crippen LogP contribution is -2.29. The SMILES string of the molecule is O=C(NCC1(CCBr)CC1)c1cc2c(s1)CCCCC2. The molecule has 1 saturated carbocycles. The molecule has 2 aliphatic rings. The van der Waals surface area contributed by atoms with E-state index in [9.17, 15) is 4.79 Å². The van der Waals surface area contributed by atoms with Gasteiger partial charge in [0.1, 0.15) is 0 Å². The summed E-state index contributed by atoms with van der Waals surface area (Å²) in [6.07, 6.45) is 9.92. The fourth-order valence-corrected chi connectivity index (χ4v) is 5.04. The van der Waals surface area contributed by atoms with Crippen LogP contribution in [0.4, 0.5) is 0 Å². The lowest BCUT2D eigenvalue weighted by Gasteiger charge is -2.13. The number of rotatable bonds is 5. The van der Waals surface area contributed by atoms with Crippen molar-refractivity contribution in [2.75, 3.05) is 11.9 Å². The number of halogens is 1. The number of carbonyl (C=O) groups excluding carboxylic acids is 1. The molecule has 2 aliphatic carbocycles. The highest BCUT2D eigenvalue weighted by atomic mass is 79.9. The van der Waals surface area contributed by atoms with Crippen LogP contribution in [0, 0.1) is 5.41 Å². The zero-order valence-electron chi connectivity index (χ0n) is 11.8. The zero-order chi connectivity index (χ0) is 14.0. The maximum absolute atomic E-state index is 12.3. The number of hydrogen-bond donors (Lipinski definition) is 1. The van der Waals surface area contributed by atoms with Crippen LogP contribution >= 0.6 is 27.3 Å². The summed E-state index contributed by atoms with van der Waals surface area (Å²) in [7, 11) is 0. The van der Waals surface area contributed by atoms with E-state index in [2.05, 4.69) is 27.3 Å². The van der Waals surface area contributed by atoms with Gasteiger partial charge in [0.15, 0.2) is 0 Å². The molecule has 3 rings (SSSR count). The van der Waals surface area contributed by atoms with E-state index < -0.39 is 0 Å². The predicted octanol–water partition coefficient (Wildman–Crippen LogP) is 4.31. The van der Waals surface area contributed by atoms with E-state index in [4.69, 9.17) is 0 Å². The quantitative estimate of drug-likeness (QED) is 0.618. The average Bonchev–Trinajstić information content (AvgIpc) is 3.15. The number of fused-ring (bicyclic) bond motifs is 1. The van der Waals surface area contributed by atoms with Gasteiger partial charge in [-0.2, -0.15) is 0 Å². The van der Waals surface area contributed by atoms with Crippen LogP contribution in [-0.4, -0.2) is 17.8 Å². The summed E-state index contributed by atoms with van der Waals surface area (Å²) >= 11 is 5.23. The summed E-state index contributed by atoms with van der Waals surface area (Å²) < 4.78 is 0. The van der Waals surface area contributed by atoms with Crippen molar-refractivity contribution in [3.8, 4) is 0 Å². The molecule has 0 aromatic carbocycles. The molecule has 0 radical (unpaired) electrons. The van der Waals surface area contributed by atoms with E-state index in [0.29, 0.717) is 5.41 Å². The van der Waals surface area contributed by atoms with Crippen molar-refractivity contribution in [2.45, 2.75) is 51.4 Å². The van der Waals surface area contributed by atoms with E-state index in [1.807, 2.05) is 0 Å². The first kappa shape index (κ1) is 14.6. The Kier molecular flexibility index (Phi) is 4.51. The number of nitrogens with one attached hydrogen (secondary N) is 1. The molecule has 1 fully saturated rings. The van der Waals surface area contributed by atoms with Crippen molar-refractivity contribution < 1.29 is 4.79 Å². The van der Waals surface area contributed by atoms with E-state index >= 15 is 0 Å². The minimum absolute atomic E-state index is 0.143. The molecule has 1 aromatic rings. The Morgan fingerprint density at radius 2 is 2.10 bits per heavy atom. The molecule has 0 saturated heterocycles. The first-order valence-corrected chi connectivity index (χ1v) is 9.62. The van der Waals surface area contributed by atoms with Crippen LogP contribution in [0.1, 0.15) is 58.6 Å². The Hall–Kier alpha value is -0.350. The molecule has 1 amide bonds. The lowest BCUT2D eigenvalue weighted by molar-refractivity contribution is 0.0948. The number of carbonyl (C=O) groups is 1. The summed E-state index contributed by atoms with van der Waals surface area (Å²) in [6, 6.07) is 2.14. The summed E-state index contributed by atoms with van der Waals surface area (Å²) in [5.74, 6) is 0.143. The van der Waals surface area contributed by atoms with Crippen LogP contribution < -0.4 is 5.32 Å². The molecule has 0 atom stereocenters. The number of aryl methyl sites for hydroxylation is 2. The molecule has 1 N–H and O–H groups in total. The fraction of sp³-hybridized carbons (Fsp3) is 0.688. The van der Waals surface area contributed by atoms with Crippen LogP contribution in [-0.2, 0) is 12.8 Å². The molecular weight excluding hydrogens is 334 g/mol. The standard InChI is InChI=1S/C16H22BrNOS/c17-9-8-16(6-7-16)11-18-15(19)14-10-12-4-2-1-3-5-13(12)20-14/h10H,1-9,11H2,(H,18,19). The molecular formula is C16H22BrNOS. The third kappa shape index (κ3) is 3.28. The number of alkyl halides is 1. The molecule has 0 unspecified atom stereocenters. The van der Waals surface area contributed by atoms with Gasteiger partial charge in [-0.05, 0) is 62.0 Å². The van der Waals surface area contributed by atoms with Gasteiger partial charge in [-0.25, -0.2) is 0 Å². The van der Waals surface area contributed by atoms with Crippen LogP contribution in [0.5, 0.6) is 0 Å². The number of thiophene rings is 1. The summed E-state index contributed by atoms with van der Waals surface area (Å²) in [5, 5.41) is 4.20. The smallest absolute Gasteiger partial charge is 0.261 e. The third-order valence-electron chi connectivity index (χ3n) is 4.68. The minimum Gasteiger partial charge on any atom is -0.351 e. The predicted molar refractivity (Wildman–Crippen MR) is 88.0 cm³/mol. The lowest BCUT2D eigenvalue weighted by atomic mass is 10.0. The monoisotopic (exact) mass is 355 g/mol. The molecule has 1 heterocycles. The fourth-order valence-electron chi connectivity index (χ4n) is 3.03. The van der Waals surface area contributed by atoms with E-state index in [1.165, 1.54) is 55.4 Å². The van der Waals surface area contributed by atoms with Crippen molar-refractivity contribution in [2.24, 2.45) is 5.41 Å². The maximum Gasteiger partial charge on any atom is 0.261 e. The normalized spacial score (nSPS) is 20.1. The number of amides is 1. The second-order valence-corrected chi connectivity index (χ2v) is 8.17. The topological polar surface area (TPSA) is 29.1 Å². The van der Waals surface area contributed by atoms with Gasteiger partial charge in [0.25, 0.3) is 5.91 Å². The van der Waals surface area contributed by atoms with Crippen molar-refractivity contribution in [1.29, 1.82) is 0 Å². The van der Waals surface area contributed by atoms with Crippen LogP contribution in [0.2, 0.25) is 0 Å². The molecule has 2 nitrogen and oxygen atoms in total.